The van der Waals surface area contributed by atoms with Gasteiger partial charge in [0.05, 0.1) is 36.9 Å². The maximum absolute atomic E-state index is 15.4. The number of hydrogen-bond acceptors (Lipinski definition) is 6. The number of pyridine rings is 2. The highest BCUT2D eigenvalue weighted by molar-refractivity contribution is 6.06. The van der Waals surface area contributed by atoms with Crippen LogP contribution in [0.3, 0.4) is 0 Å². The van der Waals surface area contributed by atoms with Crippen LogP contribution < -0.4 is 20.3 Å². The van der Waals surface area contributed by atoms with Gasteiger partial charge in [-0.3, -0.25) is 9.78 Å². The normalized spacial score (nSPS) is 13.2. The number of aryl methyl sites for hydroxylation is 1. The summed E-state index contributed by atoms with van der Waals surface area (Å²) < 4.78 is 33.6. The lowest BCUT2D eigenvalue weighted by molar-refractivity contribution is 0.0500. The number of amides is 1. The summed E-state index contributed by atoms with van der Waals surface area (Å²) in [6.45, 7) is 11.6. The predicted octanol–water partition coefficient (Wildman–Crippen LogP) is 6.37. The maximum atomic E-state index is 15.4. The second-order valence-corrected chi connectivity index (χ2v) is 11.6. The number of ether oxygens (including phenoxy) is 3. The molecule has 8 nitrogen and oxygen atoms in total. The van der Waals surface area contributed by atoms with Gasteiger partial charge in [0.15, 0.2) is 11.6 Å². The number of alkyl carbamates (subject to hydrolysis) is 1. The molecule has 4 rings (SSSR count). The van der Waals surface area contributed by atoms with E-state index in [2.05, 4.69) is 10.3 Å². The van der Waals surface area contributed by atoms with Crippen molar-refractivity contribution >= 4 is 27.8 Å². The zero-order valence-electron chi connectivity index (χ0n) is 24.7. The van der Waals surface area contributed by atoms with E-state index >= 15 is 4.39 Å². The fourth-order valence-corrected chi connectivity index (χ4v) is 4.94. The van der Waals surface area contributed by atoms with Crippen molar-refractivity contribution in [2.45, 2.75) is 66.2 Å². The first-order valence-corrected chi connectivity index (χ1v) is 13.7. The summed E-state index contributed by atoms with van der Waals surface area (Å²) in [5.41, 5.74) is 1.25. The van der Waals surface area contributed by atoms with E-state index in [0.717, 1.165) is 5.56 Å². The molecule has 2 heterocycles. The molecule has 2 unspecified atom stereocenters. The van der Waals surface area contributed by atoms with E-state index in [4.69, 9.17) is 14.2 Å². The third kappa shape index (κ3) is 7.14. The Hall–Kier alpha value is -4.14. The van der Waals surface area contributed by atoms with Crippen molar-refractivity contribution < 1.29 is 23.4 Å². The molecule has 2 aromatic heterocycles. The molecule has 0 saturated heterocycles. The number of benzene rings is 2. The molecule has 0 aliphatic heterocycles. The molecule has 0 bridgehead atoms. The van der Waals surface area contributed by atoms with Crippen LogP contribution in [-0.4, -0.2) is 41.0 Å². The van der Waals surface area contributed by atoms with Gasteiger partial charge in [-0.15, -0.1) is 0 Å². The Kier molecular flexibility index (Phi) is 8.85. The Morgan fingerprint density at radius 2 is 1.80 bits per heavy atom. The van der Waals surface area contributed by atoms with Crippen molar-refractivity contribution in [1.29, 1.82) is 0 Å². The largest absolute Gasteiger partial charge is 0.497 e. The molecule has 0 saturated carbocycles. The van der Waals surface area contributed by atoms with Crippen LogP contribution in [0.1, 0.15) is 52.3 Å². The van der Waals surface area contributed by atoms with Gasteiger partial charge in [-0.25, -0.2) is 9.18 Å². The Morgan fingerprint density at radius 3 is 2.46 bits per heavy atom. The molecule has 1 amide bonds. The maximum Gasteiger partial charge on any atom is 0.407 e. The second-order valence-electron chi connectivity index (χ2n) is 11.6. The molecule has 0 aliphatic carbocycles. The Balaban J connectivity index is 1.63. The van der Waals surface area contributed by atoms with Crippen LogP contribution in [0.2, 0.25) is 0 Å². The standard InChI is InChI=1S/C32H38FN3O5/c1-19(14-20(2)35-31(38)41-32(4,5)6)18-40-28-16-27-25(15-26(28)33)24-12-13-34-21(3)29(24)30(37)36(27)17-22-8-10-23(39-7)11-9-22/h8-13,15-16,19-20H,14,17-18H2,1-7H3,(H,35,38). The highest BCUT2D eigenvalue weighted by atomic mass is 19.1. The lowest BCUT2D eigenvalue weighted by atomic mass is 10.0. The first kappa shape index (κ1) is 29.8. The zero-order chi connectivity index (χ0) is 29.9. The van der Waals surface area contributed by atoms with E-state index in [1.54, 1.807) is 36.9 Å². The SMILES string of the molecule is COc1ccc(Cn2c(=O)c3c(C)nccc3c3cc(F)c(OCC(C)CC(C)NC(=O)OC(C)(C)C)cc32)cc1. The van der Waals surface area contributed by atoms with Crippen molar-refractivity contribution in [3.8, 4) is 11.5 Å². The number of halogens is 1. The summed E-state index contributed by atoms with van der Waals surface area (Å²) in [7, 11) is 1.60. The number of aromatic nitrogens is 2. The molecule has 4 aromatic rings. The van der Waals surface area contributed by atoms with Crippen LogP contribution in [-0.2, 0) is 11.3 Å². The van der Waals surface area contributed by atoms with Crippen molar-refractivity contribution in [3.05, 3.63) is 76.1 Å². The molecule has 41 heavy (non-hydrogen) atoms. The van der Waals surface area contributed by atoms with Crippen LogP contribution in [0.25, 0.3) is 21.7 Å². The van der Waals surface area contributed by atoms with Crippen LogP contribution in [0.5, 0.6) is 11.5 Å². The molecule has 0 fully saturated rings. The summed E-state index contributed by atoms with van der Waals surface area (Å²) in [5.74, 6) is 0.258. The lowest BCUT2D eigenvalue weighted by Crippen LogP contribution is -2.38. The summed E-state index contributed by atoms with van der Waals surface area (Å²) in [6, 6.07) is 12.1. The number of hydrogen-bond donors (Lipinski definition) is 1. The fraction of sp³-hybridized carbons (Fsp3) is 0.406. The minimum absolute atomic E-state index is 0.00172. The molecule has 0 spiro atoms. The highest BCUT2D eigenvalue weighted by Crippen LogP contribution is 2.31. The van der Waals surface area contributed by atoms with E-state index in [-0.39, 0.29) is 36.4 Å². The van der Waals surface area contributed by atoms with Crippen LogP contribution in [0.4, 0.5) is 9.18 Å². The van der Waals surface area contributed by atoms with Crippen molar-refractivity contribution in [1.82, 2.24) is 14.9 Å². The summed E-state index contributed by atoms with van der Waals surface area (Å²) >= 11 is 0. The number of rotatable bonds is 9. The van der Waals surface area contributed by atoms with Crippen molar-refractivity contribution in [2.75, 3.05) is 13.7 Å². The third-order valence-corrected chi connectivity index (χ3v) is 6.77. The monoisotopic (exact) mass is 563 g/mol. The Bertz CT molecular complexity index is 1610. The molecule has 0 radical (unpaired) electrons. The summed E-state index contributed by atoms with van der Waals surface area (Å²) in [4.78, 5) is 30.2. The first-order chi connectivity index (χ1) is 19.4. The predicted molar refractivity (Wildman–Crippen MR) is 158 cm³/mol. The topological polar surface area (TPSA) is 91.7 Å². The van der Waals surface area contributed by atoms with Crippen molar-refractivity contribution in [3.63, 3.8) is 0 Å². The lowest BCUT2D eigenvalue weighted by Gasteiger charge is -2.23. The quantitative estimate of drug-likeness (QED) is 0.238. The number of nitrogens with zero attached hydrogens (tertiary/aromatic N) is 2. The second kappa shape index (κ2) is 12.2. The molecule has 218 valence electrons. The van der Waals surface area contributed by atoms with E-state index in [0.29, 0.717) is 39.5 Å². The van der Waals surface area contributed by atoms with Crippen LogP contribution in [0, 0.1) is 18.7 Å². The number of carbonyl (C=O) groups excluding carboxylic acids is 1. The van der Waals surface area contributed by atoms with Gasteiger partial charge in [0.2, 0.25) is 0 Å². The molecule has 2 aromatic carbocycles. The smallest absolute Gasteiger partial charge is 0.407 e. The van der Waals surface area contributed by atoms with Gasteiger partial charge < -0.3 is 24.1 Å². The minimum atomic E-state index is -0.582. The molecular formula is C32H38FN3O5. The number of nitrogens with one attached hydrogen (secondary N) is 1. The summed E-state index contributed by atoms with van der Waals surface area (Å²) in [5, 5.41) is 4.53. The van der Waals surface area contributed by atoms with Gasteiger partial charge in [0.25, 0.3) is 5.56 Å². The Morgan fingerprint density at radius 1 is 1.10 bits per heavy atom. The van der Waals surface area contributed by atoms with Crippen LogP contribution >= 0.6 is 0 Å². The highest BCUT2D eigenvalue weighted by Gasteiger charge is 2.20. The van der Waals surface area contributed by atoms with E-state index in [1.807, 2.05) is 58.9 Å². The number of fused-ring (bicyclic) bond motifs is 3. The van der Waals surface area contributed by atoms with Gasteiger partial charge in [-0.05, 0) is 82.2 Å². The van der Waals surface area contributed by atoms with E-state index in [9.17, 15) is 9.59 Å². The van der Waals surface area contributed by atoms with Gasteiger partial charge in [-0.1, -0.05) is 19.1 Å². The third-order valence-electron chi connectivity index (χ3n) is 6.77. The molecule has 0 aliphatic rings. The Labute approximate surface area is 239 Å². The van der Waals surface area contributed by atoms with E-state index < -0.39 is 17.5 Å². The minimum Gasteiger partial charge on any atom is -0.497 e. The number of methoxy groups -OCH3 is 1. The van der Waals surface area contributed by atoms with Crippen molar-refractivity contribution in [2.24, 2.45) is 5.92 Å². The molecule has 1 N–H and O–H groups in total. The fourth-order valence-electron chi connectivity index (χ4n) is 4.94. The number of carbonyl (C=O) groups is 1. The van der Waals surface area contributed by atoms with Gasteiger partial charge in [0.1, 0.15) is 11.4 Å². The van der Waals surface area contributed by atoms with Gasteiger partial charge in [0, 0.05) is 23.7 Å². The zero-order valence-corrected chi connectivity index (χ0v) is 24.7. The molecule has 2 atom stereocenters. The van der Waals surface area contributed by atoms with Gasteiger partial charge in [-0.2, -0.15) is 0 Å². The first-order valence-electron chi connectivity index (χ1n) is 13.7. The van der Waals surface area contributed by atoms with Gasteiger partial charge >= 0.3 is 6.09 Å². The average Bonchev–Trinajstić information content (AvgIpc) is 2.89. The summed E-state index contributed by atoms with van der Waals surface area (Å²) in [6.07, 6.45) is 1.75. The van der Waals surface area contributed by atoms with Crippen LogP contribution in [0.15, 0.2) is 53.5 Å². The average molecular weight is 564 g/mol. The van der Waals surface area contributed by atoms with E-state index in [1.165, 1.54) is 6.07 Å². The molecule has 9 heteroatoms. The molecular weight excluding hydrogens is 525 g/mol.